The first-order valence-electron chi connectivity index (χ1n) is 7.61. The molecule has 1 atom stereocenters. The Hall–Kier alpha value is -1.62. The van der Waals surface area contributed by atoms with Crippen molar-refractivity contribution in [3.05, 3.63) is 35.9 Å². The van der Waals surface area contributed by atoms with Crippen LogP contribution in [0.15, 0.2) is 30.3 Å². The first-order valence-corrected chi connectivity index (χ1v) is 7.61. The summed E-state index contributed by atoms with van der Waals surface area (Å²) in [6, 6.07) is 8.81. The van der Waals surface area contributed by atoms with Crippen LogP contribution in [0.25, 0.3) is 0 Å². The summed E-state index contributed by atoms with van der Waals surface area (Å²) >= 11 is 0. The Balaban J connectivity index is 1.97. The molecule has 0 aliphatic carbocycles. The number of likely N-dealkylation sites (tertiary alicyclic amines) is 1. The second kappa shape index (κ2) is 6.24. The molecular weight excluding hydrogens is 285 g/mol. The molecule has 1 fully saturated rings. The summed E-state index contributed by atoms with van der Waals surface area (Å²) in [6.45, 7) is 5.89. The summed E-state index contributed by atoms with van der Waals surface area (Å²) in [4.78, 5) is 13.5. The first kappa shape index (κ1) is 16.7. The second-order valence-electron chi connectivity index (χ2n) is 6.82. The highest BCUT2D eigenvalue weighted by Crippen LogP contribution is 2.38. The van der Waals surface area contributed by atoms with Gasteiger partial charge in [-0.3, -0.25) is 0 Å². The zero-order valence-corrected chi connectivity index (χ0v) is 13.4. The summed E-state index contributed by atoms with van der Waals surface area (Å²) in [7, 11) is 0. The first-order chi connectivity index (χ1) is 10.2. The van der Waals surface area contributed by atoms with Gasteiger partial charge in [0.1, 0.15) is 17.4 Å². The fourth-order valence-corrected chi connectivity index (χ4v) is 2.59. The molecule has 1 unspecified atom stereocenters. The van der Waals surface area contributed by atoms with E-state index in [-0.39, 0.29) is 25.9 Å². The normalized spacial score (nSPS) is 19.6. The van der Waals surface area contributed by atoms with Gasteiger partial charge in [0.15, 0.2) is 0 Å². The van der Waals surface area contributed by atoms with Gasteiger partial charge >= 0.3 is 6.09 Å². The van der Waals surface area contributed by atoms with Crippen LogP contribution in [0.1, 0.15) is 45.3 Å². The number of alkyl halides is 1. The van der Waals surface area contributed by atoms with Crippen LogP contribution in [0.5, 0.6) is 0 Å². The van der Waals surface area contributed by atoms with E-state index in [9.17, 15) is 14.3 Å². The molecule has 0 radical (unpaired) electrons. The fraction of sp³-hybridized carbons (Fsp3) is 0.588. The molecular formula is C17H24FNO3. The van der Waals surface area contributed by atoms with Crippen LogP contribution >= 0.6 is 0 Å². The molecule has 0 bridgehead atoms. The SMILES string of the molecule is CC(C)(C)OC(=O)N1CCC(F)(C(O)c2ccccc2)CC1. The van der Waals surface area contributed by atoms with Crippen LogP contribution < -0.4 is 0 Å². The van der Waals surface area contributed by atoms with Gasteiger partial charge in [0, 0.05) is 25.9 Å². The van der Waals surface area contributed by atoms with Crippen LogP contribution in [0.2, 0.25) is 0 Å². The third kappa shape index (κ3) is 3.97. The van der Waals surface area contributed by atoms with E-state index in [0.717, 1.165) is 0 Å². The lowest BCUT2D eigenvalue weighted by Gasteiger charge is -2.39. The number of carbonyl (C=O) groups is 1. The van der Waals surface area contributed by atoms with Crippen molar-refractivity contribution >= 4 is 6.09 Å². The predicted molar refractivity (Wildman–Crippen MR) is 82.3 cm³/mol. The van der Waals surface area contributed by atoms with Crippen LogP contribution in [-0.2, 0) is 4.74 Å². The predicted octanol–water partition coefficient (Wildman–Crippen LogP) is 3.46. The average Bonchev–Trinajstić information content (AvgIpc) is 2.46. The van der Waals surface area contributed by atoms with Crippen molar-refractivity contribution < 1.29 is 19.0 Å². The van der Waals surface area contributed by atoms with Crippen molar-refractivity contribution in [1.29, 1.82) is 0 Å². The van der Waals surface area contributed by atoms with Gasteiger partial charge < -0.3 is 14.7 Å². The lowest BCUT2D eigenvalue weighted by Crippen LogP contribution is -2.48. The van der Waals surface area contributed by atoms with Crippen LogP contribution in [0, 0.1) is 0 Å². The van der Waals surface area contributed by atoms with Crippen molar-refractivity contribution in [3.63, 3.8) is 0 Å². The smallest absolute Gasteiger partial charge is 0.410 e. The molecule has 1 amide bonds. The number of ether oxygens (including phenoxy) is 1. The number of halogens is 1. The molecule has 1 aromatic rings. The van der Waals surface area contributed by atoms with Crippen molar-refractivity contribution in [1.82, 2.24) is 4.90 Å². The van der Waals surface area contributed by atoms with Gasteiger partial charge in [0.25, 0.3) is 0 Å². The molecule has 0 spiro atoms. The molecule has 1 N–H and O–H groups in total. The monoisotopic (exact) mass is 309 g/mol. The Morgan fingerprint density at radius 2 is 1.82 bits per heavy atom. The summed E-state index contributed by atoms with van der Waals surface area (Å²) in [5.41, 5.74) is -1.71. The van der Waals surface area contributed by atoms with Crippen LogP contribution in [0.3, 0.4) is 0 Å². The van der Waals surface area contributed by atoms with Gasteiger partial charge in [-0.1, -0.05) is 30.3 Å². The number of carbonyl (C=O) groups excluding carboxylic acids is 1. The molecule has 122 valence electrons. The Morgan fingerprint density at radius 3 is 2.32 bits per heavy atom. The summed E-state index contributed by atoms with van der Waals surface area (Å²) in [5, 5.41) is 10.3. The lowest BCUT2D eigenvalue weighted by atomic mass is 9.84. The van der Waals surface area contributed by atoms with E-state index in [1.165, 1.54) is 4.90 Å². The van der Waals surface area contributed by atoms with Crippen molar-refractivity contribution in [2.45, 2.75) is 51.0 Å². The average molecular weight is 309 g/mol. The van der Waals surface area contributed by atoms with Crippen LogP contribution in [-0.4, -0.2) is 40.5 Å². The van der Waals surface area contributed by atoms with Gasteiger partial charge in [-0.05, 0) is 26.3 Å². The molecule has 1 heterocycles. The fourth-order valence-electron chi connectivity index (χ4n) is 2.59. The largest absolute Gasteiger partial charge is 0.444 e. The molecule has 1 aliphatic rings. The maximum atomic E-state index is 15.0. The molecule has 4 nitrogen and oxygen atoms in total. The zero-order chi connectivity index (χ0) is 16.4. The van der Waals surface area contributed by atoms with Crippen molar-refractivity contribution in [2.75, 3.05) is 13.1 Å². The Morgan fingerprint density at radius 1 is 1.27 bits per heavy atom. The molecule has 0 saturated carbocycles. The van der Waals surface area contributed by atoms with E-state index in [4.69, 9.17) is 4.74 Å². The summed E-state index contributed by atoms with van der Waals surface area (Å²) in [6.07, 6.45) is -1.40. The highest BCUT2D eigenvalue weighted by atomic mass is 19.1. The number of amides is 1. The lowest BCUT2D eigenvalue weighted by molar-refractivity contribution is -0.0560. The van der Waals surface area contributed by atoms with Gasteiger partial charge in [0.05, 0.1) is 0 Å². The maximum Gasteiger partial charge on any atom is 0.410 e. The van der Waals surface area contributed by atoms with Gasteiger partial charge in [-0.2, -0.15) is 0 Å². The number of nitrogens with zero attached hydrogens (tertiary/aromatic N) is 1. The van der Waals surface area contributed by atoms with E-state index >= 15 is 0 Å². The number of hydrogen-bond acceptors (Lipinski definition) is 3. The number of rotatable bonds is 2. The van der Waals surface area contributed by atoms with Gasteiger partial charge in [-0.15, -0.1) is 0 Å². The quantitative estimate of drug-likeness (QED) is 0.910. The molecule has 1 saturated heterocycles. The number of benzene rings is 1. The standard InChI is InChI=1S/C17H24FNO3/c1-16(2,3)22-15(21)19-11-9-17(18,10-12-19)14(20)13-7-5-4-6-8-13/h4-8,14,20H,9-12H2,1-3H3. The molecule has 22 heavy (non-hydrogen) atoms. The topological polar surface area (TPSA) is 49.8 Å². The molecule has 0 aromatic heterocycles. The summed E-state index contributed by atoms with van der Waals surface area (Å²) < 4.78 is 20.3. The van der Waals surface area contributed by atoms with Gasteiger partial charge in [0.2, 0.25) is 0 Å². The minimum absolute atomic E-state index is 0.0995. The number of piperidine rings is 1. The molecule has 1 aliphatic heterocycles. The van der Waals surface area contributed by atoms with Crippen molar-refractivity contribution in [3.8, 4) is 0 Å². The Bertz CT molecular complexity index is 504. The van der Waals surface area contributed by atoms with E-state index < -0.39 is 23.5 Å². The molecule has 5 heteroatoms. The van der Waals surface area contributed by atoms with Gasteiger partial charge in [-0.25, -0.2) is 9.18 Å². The number of aliphatic hydroxyl groups excluding tert-OH is 1. The Kier molecular flexibility index (Phi) is 4.75. The minimum atomic E-state index is -1.71. The van der Waals surface area contributed by atoms with E-state index in [0.29, 0.717) is 5.56 Å². The summed E-state index contributed by atoms with van der Waals surface area (Å²) in [5.74, 6) is 0. The highest BCUT2D eigenvalue weighted by molar-refractivity contribution is 5.68. The van der Waals surface area contributed by atoms with E-state index in [1.54, 1.807) is 45.0 Å². The van der Waals surface area contributed by atoms with E-state index in [1.807, 2.05) is 6.07 Å². The Labute approximate surface area is 130 Å². The van der Waals surface area contributed by atoms with E-state index in [2.05, 4.69) is 0 Å². The highest BCUT2D eigenvalue weighted by Gasteiger charge is 2.43. The minimum Gasteiger partial charge on any atom is -0.444 e. The third-order valence-electron chi connectivity index (χ3n) is 3.85. The maximum absolute atomic E-state index is 15.0. The molecule has 2 rings (SSSR count). The number of hydrogen-bond donors (Lipinski definition) is 1. The van der Waals surface area contributed by atoms with Crippen LogP contribution in [0.4, 0.5) is 9.18 Å². The zero-order valence-electron chi connectivity index (χ0n) is 13.4. The number of aliphatic hydroxyl groups is 1. The third-order valence-corrected chi connectivity index (χ3v) is 3.85. The van der Waals surface area contributed by atoms with Crippen molar-refractivity contribution in [2.24, 2.45) is 0 Å². The molecule has 1 aromatic carbocycles. The second-order valence-corrected chi connectivity index (χ2v) is 6.82.